The zero-order valence-corrected chi connectivity index (χ0v) is 7.94. The Morgan fingerprint density at radius 3 is 2.33 bits per heavy atom. The van der Waals surface area contributed by atoms with E-state index in [0.717, 1.165) is 0 Å². The highest BCUT2D eigenvalue weighted by atomic mass is 16.1. The number of nitrogens with two attached hydrogens (primary N) is 2. The molecule has 0 amide bonds. The number of aliphatic imine (C=N–C) groups is 2. The van der Waals surface area contributed by atoms with Crippen molar-refractivity contribution >= 4 is 34.9 Å². The standard InChI is InChI=1S/C9H8N4O2/c1-5-6(10)2-7(12-3-14)9(8(5)11)13-4-15/h2H,10-11H2,1H3. The molecule has 0 aromatic heterocycles. The summed E-state index contributed by atoms with van der Waals surface area (Å²) in [6, 6.07) is 1.40. The molecule has 0 fully saturated rings. The van der Waals surface area contributed by atoms with Crippen LogP contribution in [0.1, 0.15) is 5.56 Å². The lowest BCUT2D eigenvalue weighted by Gasteiger charge is -2.08. The van der Waals surface area contributed by atoms with E-state index in [2.05, 4.69) is 9.98 Å². The number of hydrogen-bond donors (Lipinski definition) is 2. The molecule has 0 aliphatic rings. The summed E-state index contributed by atoms with van der Waals surface area (Å²) in [7, 11) is 0. The summed E-state index contributed by atoms with van der Waals surface area (Å²) in [6.07, 6.45) is 2.67. The zero-order chi connectivity index (χ0) is 11.4. The van der Waals surface area contributed by atoms with Gasteiger partial charge in [0.15, 0.2) is 0 Å². The molecule has 0 atom stereocenters. The minimum absolute atomic E-state index is 0.0834. The number of benzene rings is 1. The average molecular weight is 204 g/mol. The van der Waals surface area contributed by atoms with Gasteiger partial charge in [-0.2, -0.15) is 9.98 Å². The fraction of sp³-hybridized carbons (Fsp3) is 0.111. The van der Waals surface area contributed by atoms with Gasteiger partial charge in [0.05, 0.1) is 5.69 Å². The van der Waals surface area contributed by atoms with Crippen LogP contribution < -0.4 is 11.5 Å². The molecule has 1 aromatic rings. The van der Waals surface area contributed by atoms with Crippen molar-refractivity contribution in [1.82, 2.24) is 0 Å². The third-order valence-electron chi connectivity index (χ3n) is 1.95. The van der Waals surface area contributed by atoms with Crippen LogP contribution in [0, 0.1) is 6.92 Å². The van der Waals surface area contributed by atoms with Crippen molar-refractivity contribution < 1.29 is 9.59 Å². The second-order valence-electron chi connectivity index (χ2n) is 2.78. The van der Waals surface area contributed by atoms with Crippen molar-refractivity contribution in [3.8, 4) is 0 Å². The first-order valence-electron chi connectivity index (χ1n) is 3.96. The van der Waals surface area contributed by atoms with Crippen LogP contribution in [0.25, 0.3) is 0 Å². The van der Waals surface area contributed by atoms with E-state index in [1.54, 1.807) is 6.92 Å². The summed E-state index contributed by atoms with van der Waals surface area (Å²) < 4.78 is 0. The van der Waals surface area contributed by atoms with Gasteiger partial charge in [0.2, 0.25) is 12.2 Å². The van der Waals surface area contributed by atoms with Crippen LogP contribution in [0.2, 0.25) is 0 Å². The van der Waals surface area contributed by atoms with E-state index in [4.69, 9.17) is 11.5 Å². The number of nitrogens with zero attached hydrogens (tertiary/aromatic N) is 2. The van der Waals surface area contributed by atoms with Crippen molar-refractivity contribution in [3.05, 3.63) is 11.6 Å². The van der Waals surface area contributed by atoms with Gasteiger partial charge in [-0.3, -0.25) is 0 Å². The van der Waals surface area contributed by atoms with Gasteiger partial charge in [0.1, 0.15) is 11.4 Å². The highest BCUT2D eigenvalue weighted by molar-refractivity contribution is 5.86. The van der Waals surface area contributed by atoms with Gasteiger partial charge in [-0.05, 0) is 18.6 Å². The van der Waals surface area contributed by atoms with Crippen molar-refractivity contribution in [2.24, 2.45) is 9.98 Å². The van der Waals surface area contributed by atoms with Gasteiger partial charge in [0, 0.05) is 5.69 Å². The largest absolute Gasteiger partial charge is 0.398 e. The molecule has 0 saturated carbocycles. The van der Waals surface area contributed by atoms with Gasteiger partial charge in [-0.1, -0.05) is 0 Å². The van der Waals surface area contributed by atoms with Crippen molar-refractivity contribution in [2.75, 3.05) is 11.5 Å². The molecular weight excluding hydrogens is 196 g/mol. The highest BCUT2D eigenvalue weighted by Crippen LogP contribution is 2.38. The van der Waals surface area contributed by atoms with Crippen LogP contribution in [0.15, 0.2) is 16.1 Å². The fourth-order valence-electron chi connectivity index (χ4n) is 1.09. The van der Waals surface area contributed by atoms with Crippen molar-refractivity contribution in [2.45, 2.75) is 6.92 Å². The predicted molar refractivity (Wildman–Crippen MR) is 55.6 cm³/mol. The summed E-state index contributed by atoms with van der Waals surface area (Å²) in [5.41, 5.74) is 12.6. The third kappa shape index (κ3) is 1.91. The molecule has 0 spiro atoms. The van der Waals surface area contributed by atoms with Crippen LogP contribution in [-0.4, -0.2) is 12.2 Å². The van der Waals surface area contributed by atoms with Gasteiger partial charge in [0.25, 0.3) is 0 Å². The van der Waals surface area contributed by atoms with Crippen LogP contribution in [0.4, 0.5) is 22.7 Å². The topological polar surface area (TPSA) is 111 Å². The molecule has 0 aliphatic carbocycles. The summed E-state index contributed by atoms with van der Waals surface area (Å²) in [6.45, 7) is 1.67. The Balaban J connectivity index is 3.64. The van der Waals surface area contributed by atoms with Crippen LogP contribution in [-0.2, 0) is 9.59 Å². The number of isocyanates is 2. The zero-order valence-electron chi connectivity index (χ0n) is 7.94. The molecule has 0 aliphatic heterocycles. The minimum Gasteiger partial charge on any atom is -0.398 e. The molecular formula is C9H8N4O2. The van der Waals surface area contributed by atoms with E-state index < -0.39 is 0 Å². The molecule has 0 heterocycles. The van der Waals surface area contributed by atoms with Gasteiger partial charge in [-0.15, -0.1) is 0 Å². The van der Waals surface area contributed by atoms with Gasteiger partial charge < -0.3 is 11.5 Å². The molecule has 6 heteroatoms. The maximum Gasteiger partial charge on any atom is 0.240 e. The van der Waals surface area contributed by atoms with Crippen LogP contribution in [0.3, 0.4) is 0 Å². The summed E-state index contributed by atoms with van der Waals surface area (Å²) >= 11 is 0. The number of hydrogen-bond acceptors (Lipinski definition) is 6. The lowest BCUT2D eigenvalue weighted by atomic mass is 10.1. The molecule has 4 N–H and O–H groups in total. The van der Waals surface area contributed by atoms with E-state index in [9.17, 15) is 9.59 Å². The Bertz CT molecular complexity index is 497. The maximum atomic E-state index is 10.2. The average Bonchev–Trinajstić information content (AvgIpc) is 2.21. The normalized spacial score (nSPS) is 8.87. The second kappa shape index (κ2) is 4.19. The molecule has 15 heavy (non-hydrogen) atoms. The number of carbonyl (C=O) groups excluding carboxylic acids is 2. The maximum absolute atomic E-state index is 10.2. The highest BCUT2D eigenvalue weighted by Gasteiger charge is 2.11. The van der Waals surface area contributed by atoms with Crippen molar-refractivity contribution in [3.63, 3.8) is 0 Å². The number of nitrogen functional groups attached to an aromatic ring is 2. The molecule has 0 bridgehead atoms. The number of rotatable bonds is 2. The summed E-state index contributed by atoms with van der Waals surface area (Å²) in [5.74, 6) is 0. The minimum atomic E-state index is 0.0834. The Hall–Kier alpha value is -2.42. The Morgan fingerprint density at radius 1 is 1.20 bits per heavy atom. The lowest BCUT2D eigenvalue weighted by Crippen LogP contribution is -1.96. The first-order chi connectivity index (χ1) is 7.11. The predicted octanol–water partition coefficient (Wildman–Crippen LogP) is 1.09. The van der Waals surface area contributed by atoms with Gasteiger partial charge in [-0.25, -0.2) is 9.59 Å². The lowest BCUT2D eigenvalue weighted by molar-refractivity contribution is 0.564. The Kier molecular flexibility index (Phi) is 2.98. The molecule has 6 nitrogen and oxygen atoms in total. The van der Waals surface area contributed by atoms with E-state index in [1.807, 2.05) is 0 Å². The van der Waals surface area contributed by atoms with E-state index >= 15 is 0 Å². The van der Waals surface area contributed by atoms with Crippen LogP contribution >= 0.6 is 0 Å². The summed E-state index contributed by atoms with van der Waals surface area (Å²) in [5, 5.41) is 0. The quantitative estimate of drug-likeness (QED) is 0.426. The molecule has 0 unspecified atom stereocenters. The Labute approximate surface area is 85.3 Å². The molecule has 0 saturated heterocycles. The van der Waals surface area contributed by atoms with Crippen molar-refractivity contribution in [1.29, 1.82) is 0 Å². The smallest absolute Gasteiger partial charge is 0.240 e. The Morgan fingerprint density at radius 2 is 1.80 bits per heavy atom. The van der Waals surface area contributed by atoms with E-state index in [1.165, 1.54) is 18.2 Å². The summed E-state index contributed by atoms with van der Waals surface area (Å²) in [4.78, 5) is 27.0. The molecule has 0 radical (unpaired) electrons. The molecule has 1 rings (SSSR count). The van der Waals surface area contributed by atoms with Crippen LogP contribution in [0.5, 0.6) is 0 Å². The molecule has 1 aromatic carbocycles. The second-order valence-corrected chi connectivity index (χ2v) is 2.78. The van der Waals surface area contributed by atoms with E-state index in [-0.39, 0.29) is 17.1 Å². The third-order valence-corrected chi connectivity index (χ3v) is 1.95. The van der Waals surface area contributed by atoms with E-state index in [0.29, 0.717) is 11.3 Å². The SMILES string of the molecule is Cc1c(N)cc(N=C=O)c(N=C=O)c1N. The van der Waals surface area contributed by atoms with Gasteiger partial charge >= 0.3 is 0 Å². The first kappa shape index (κ1) is 10.7. The number of anilines is 2. The molecule has 76 valence electrons. The fourth-order valence-corrected chi connectivity index (χ4v) is 1.09. The first-order valence-corrected chi connectivity index (χ1v) is 3.96. The monoisotopic (exact) mass is 204 g/mol.